The minimum absolute atomic E-state index is 0.477. The summed E-state index contributed by atoms with van der Waals surface area (Å²) in [5.74, 6) is 1.32. The molecule has 0 fully saturated rings. The Labute approximate surface area is 122 Å². The van der Waals surface area contributed by atoms with E-state index in [0.29, 0.717) is 19.1 Å². The van der Waals surface area contributed by atoms with E-state index >= 15 is 0 Å². The van der Waals surface area contributed by atoms with Crippen LogP contribution in [0.5, 0.6) is 5.75 Å². The second kappa shape index (κ2) is 6.51. The van der Waals surface area contributed by atoms with E-state index in [1.54, 1.807) is 0 Å². The zero-order valence-electron chi connectivity index (χ0n) is 11.4. The van der Waals surface area contributed by atoms with E-state index in [1.165, 1.54) is 0 Å². The third kappa shape index (κ3) is 3.79. The Hall–Kier alpha value is -2.89. The fourth-order valence-electron chi connectivity index (χ4n) is 1.90. The number of hydrogen-bond donors (Lipinski definition) is 2. The van der Waals surface area contributed by atoms with Crippen molar-refractivity contribution in [2.24, 2.45) is 0 Å². The van der Waals surface area contributed by atoms with Crippen LogP contribution in [0.3, 0.4) is 0 Å². The summed E-state index contributed by atoms with van der Waals surface area (Å²) in [7, 11) is 0. The van der Waals surface area contributed by atoms with Gasteiger partial charge >= 0.3 is 0 Å². The van der Waals surface area contributed by atoms with Gasteiger partial charge in [0, 0.05) is 6.54 Å². The summed E-state index contributed by atoms with van der Waals surface area (Å²) in [5, 5.41) is 16.6. The third-order valence-electron chi connectivity index (χ3n) is 2.94. The van der Waals surface area contributed by atoms with Crippen molar-refractivity contribution in [3.63, 3.8) is 0 Å². The van der Waals surface area contributed by atoms with Crippen molar-refractivity contribution >= 4 is 5.95 Å². The lowest BCUT2D eigenvalue weighted by atomic mass is 10.2. The standard InChI is InChI=1S/C15H15N5O/c1-2-5-12(6-3-1)11-21-14-8-4-7-13(9-14)10-16-15-17-19-20-18-15/h1-9H,10-11H2,(H2,16,17,18,19,20). The third-order valence-corrected chi connectivity index (χ3v) is 2.94. The van der Waals surface area contributed by atoms with Crippen molar-refractivity contribution in [3.8, 4) is 5.75 Å². The van der Waals surface area contributed by atoms with Crippen LogP contribution < -0.4 is 10.1 Å². The van der Waals surface area contributed by atoms with Gasteiger partial charge in [-0.3, -0.25) is 0 Å². The highest BCUT2D eigenvalue weighted by molar-refractivity contribution is 5.32. The van der Waals surface area contributed by atoms with Crippen LogP contribution >= 0.6 is 0 Å². The van der Waals surface area contributed by atoms with E-state index in [9.17, 15) is 0 Å². The quantitative estimate of drug-likeness (QED) is 0.725. The smallest absolute Gasteiger partial charge is 0.263 e. The van der Waals surface area contributed by atoms with Crippen LogP contribution in [-0.2, 0) is 13.2 Å². The lowest BCUT2D eigenvalue weighted by Gasteiger charge is -2.08. The minimum Gasteiger partial charge on any atom is -0.489 e. The zero-order chi connectivity index (χ0) is 14.3. The maximum atomic E-state index is 5.79. The Balaban J connectivity index is 1.58. The van der Waals surface area contributed by atoms with Crippen molar-refractivity contribution in [2.45, 2.75) is 13.2 Å². The monoisotopic (exact) mass is 281 g/mol. The van der Waals surface area contributed by atoms with Gasteiger partial charge in [0.25, 0.3) is 5.95 Å². The summed E-state index contributed by atoms with van der Waals surface area (Å²) < 4.78 is 5.79. The van der Waals surface area contributed by atoms with Crippen LogP contribution in [0.2, 0.25) is 0 Å². The van der Waals surface area contributed by atoms with Crippen LogP contribution in [0, 0.1) is 0 Å². The predicted molar refractivity (Wildman–Crippen MR) is 78.7 cm³/mol. The number of tetrazole rings is 1. The molecule has 2 N–H and O–H groups in total. The first-order chi connectivity index (χ1) is 10.4. The molecule has 0 spiro atoms. The van der Waals surface area contributed by atoms with Crippen LogP contribution in [0.25, 0.3) is 0 Å². The van der Waals surface area contributed by atoms with Gasteiger partial charge in [-0.1, -0.05) is 47.6 Å². The van der Waals surface area contributed by atoms with Crippen molar-refractivity contribution in [1.82, 2.24) is 20.6 Å². The van der Waals surface area contributed by atoms with E-state index in [1.807, 2.05) is 54.6 Å². The van der Waals surface area contributed by atoms with E-state index in [-0.39, 0.29) is 0 Å². The fraction of sp³-hybridized carbons (Fsp3) is 0.133. The minimum atomic E-state index is 0.477. The molecule has 0 saturated heterocycles. The van der Waals surface area contributed by atoms with Gasteiger partial charge in [0.1, 0.15) is 12.4 Å². The summed E-state index contributed by atoms with van der Waals surface area (Å²) in [6, 6.07) is 18.0. The van der Waals surface area contributed by atoms with Gasteiger partial charge in [0.2, 0.25) is 0 Å². The summed E-state index contributed by atoms with van der Waals surface area (Å²) in [5.41, 5.74) is 2.23. The molecule has 3 rings (SSSR count). The largest absolute Gasteiger partial charge is 0.489 e. The van der Waals surface area contributed by atoms with Gasteiger partial charge in [-0.15, -0.1) is 5.10 Å². The maximum Gasteiger partial charge on any atom is 0.263 e. The molecule has 21 heavy (non-hydrogen) atoms. The molecule has 1 heterocycles. The lowest BCUT2D eigenvalue weighted by molar-refractivity contribution is 0.306. The van der Waals surface area contributed by atoms with Gasteiger partial charge in [-0.05, 0) is 28.5 Å². The molecule has 0 aliphatic rings. The van der Waals surface area contributed by atoms with Crippen molar-refractivity contribution in [2.75, 3.05) is 5.32 Å². The first-order valence-corrected chi connectivity index (χ1v) is 6.63. The molecule has 106 valence electrons. The van der Waals surface area contributed by atoms with E-state index in [0.717, 1.165) is 16.9 Å². The molecule has 0 aliphatic carbocycles. The molecule has 0 bridgehead atoms. The summed E-state index contributed by atoms with van der Waals surface area (Å²) in [6.07, 6.45) is 0. The molecule has 0 radical (unpaired) electrons. The molecule has 6 nitrogen and oxygen atoms in total. The van der Waals surface area contributed by atoms with Crippen molar-refractivity contribution < 1.29 is 4.74 Å². The molecule has 3 aromatic rings. The van der Waals surface area contributed by atoms with Gasteiger partial charge in [0.15, 0.2) is 0 Å². The second-order valence-electron chi connectivity index (χ2n) is 4.51. The molecule has 0 atom stereocenters. The molecule has 2 aromatic carbocycles. The van der Waals surface area contributed by atoms with Crippen molar-refractivity contribution in [1.29, 1.82) is 0 Å². The molecule has 0 unspecified atom stereocenters. The molecule has 0 aliphatic heterocycles. The first kappa shape index (κ1) is 13.1. The van der Waals surface area contributed by atoms with E-state index in [4.69, 9.17) is 4.74 Å². The number of hydrogen-bond acceptors (Lipinski definition) is 5. The number of H-pyrrole nitrogens is 1. The van der Waals surface area contributed by atoms with Gasteiger partial charge < -0.3 is 10.1 Å². The van der Waals surface area contributed by atoms with E-state index in [2.05, 4.69) is 25.9 Å². The SMILES string of the molecule is c1ccc(COc2cccc(CNc3nn[nH]n3)c2)cc1. The number of nitrogens with one attached hydrogen (secondary N) is 2. The number of benzene rings is 2. The second-order valence-corrected chi connectivity index (χ2v) is 4.51. The van der Waals surface area contributed by atoms with Gasteiger partial charge in [-0.25, -0.2) is 0 Å². The van der Waals surface area contributed by atoms with Gasteiger partial charge in [0.05, 0.1) is 0 Å². The Bertz CT molecular complexity index is 670. The number of ether oxygens (including phenoxy) is 1. The topological polar surface area (TPSA) is 75.7 Å². The summed E-state index contributed by atoms with van der Waals surface area (Å²) in [6.45, 7) is 1.17. The van der Waals surface area contributed by atoms with Crippen molar-refractivity contribution in [3.05, 3.63) is 65.7 Å². The Morgan fingerprint density at radius 2 is 1.86 bits per heavy atom. The molecule has 0 amide bonds. The van der Waals surface area contributed by atoms with Crippen LogP contribution in [-0.4, -0.2) is 20.6 Å². The number of aromatic amines is 1. The lowest BCUT2D eigenvalue weighted by Crippen LogP contribution is -2.02. The first-order valence-electron chi connectivity index (χ1n) is 6.63. The van der Waals surface area contributed by atoms with Crippen LogP contribution in [0.4, 0.5) is 5.95 Å². The molecular weight excluding hydrogens is 266 g/mol. The number of aromatic nitrogens is 4. The number of nitrogens with zero attached hydrogens (tertiary/aromatic N) is 3. The fourth-order valence-corrected chi connectivity index (χ4v) is 1.90. The highest BCUT2D eigenvalue weighted by atomic mass is 16.5. The molecule has 1 aromatic heterocycles. The highest BCUT2D eigenvalue weighted by Crippen LogP contribution is 2.15. The van der Waals surface area contributed by atoms with Crippen LogP contribution in [0.1, 0.15) is 11.1 Å². The molecule has 0 saturated carbocycles. The predicted octanol–water partition coefficient (Wildman–Crippen LogP) is 2.39. The summed E-state index contributed by atoms with van der Waals surface area (Å²) in [4.78, 5) is 0. The van der Waals surface area contributed by atoms with Gasteiger partial charge in [-0.2, -0.15) is 5.21 Å². The van der Waals surface area contributed by atoms with E-state index < -0.39 is 0 Å². The molecular formula is C15H15N5O. The number of anilines is 1. The van der Waals surface area contributed by atoms with Crippen LogP contribution in [0.15, 0.2) is 54.6 Å². The average molecular weight is 281 g/mol. The Kier molecular flexibility index (Phi) is 4.07. The average Bonchev–Trinajstić information content (AvgIpc) is 3.06. The summed E-state index contributed by atoms with van der Waals surface area (Å²) >= 11 is 0. The normalized spacial score (nSPS) is 10.3. The number of rotatable bonds is 6. The highest BCUT2D eigenvalue weighted by Gasteiger charge is 2.00. The Morgan fingerprint density at radius 1 is 1.00 bits per heavy atom. The molecule has 6 heteroatoms. The maximum absolute atomic E-state index is 5.79. The zero-order valence-corrected chi connectivity index (χ0v) is 11.4. The Morgan fingerprint density at radius 3 is 2.67 bits per heavy atom.